The van der Waals surface area contributed by atoms with Gasteiger partial charge in [-0.1, -0.05) is 6.08 Å². The Bertz CT molecular complexity index is 272. The second kappa shape index (κ2) is 3.64. The molecule has 0 atom stereocenters. The largest absolute Gasteiger partial charge is 0.362 e. The molecule has 0 saturated heterocycles. The molecule has 1 aliphatic carbocycles. The average Bonchev–Trinajstić information content (AvgIpc) is 2.82. The molecule has 13 heavy (non-hydrogen) atoms. The minimum Gasteiger partial charge on any atom is -0.362 e. The fraction of sp³-hybridized carbons (Fsp3) is 0.500. The fourth-order valence-corrected chi connectivity index (χ4v) is 1.22. The van der Waals surface area contributed by atoms with E-state index in [0.717, 1.165) is 12.6 Å². The van der Waals surface area contributed by atoms with Crippen LogP contribution in [-0.4, -0.2) is 21.7 Å². The van der Waals surface area contributed by atoms with Crippen molar-refractivity contribution in [2.75, 3.05) is 7.05 Å². The lowest BCUT2D eigenvalue weighted by Crippen LogP contribution is -2.16. The fourth-order valence-electron chi connectivity index (χ4n) is 1.22. The smallest absolute Gasteiger partial charge is 0.111 e. The summed E-state index contributed by atoms with van der Waals surface area (Å²) in [6, 6.07) is 1.94. The Labute approximate surface area is 78.7 Å². The summed E-state index contributed by atoms with van der Waals surface area (Å²) in [5.74, 6) is 0.847. The Morgan fingerprint density at radius 2 is 2.46 bits per heavy atom. The van der Waals surface area contributed by atoms with Crippen molar-refractivity contribution in [1.29, 1.82) is 0 Å². The second-order valence-corrected chi connectivity index (χ2v) is 3.62. The molecule has 0 N–H and O–H groups in total. The van der Waals surface area contributed by atoms with Crippen molar-refractivity contribution in [2.24, 2.45) is 5.92 Å². The normalized spacial score (nSPS) is 16.7. The van der Waals surface area contributed by atoms with Crippen molar-refractivity contribution in [3.05, 3.63) is 30.7 Å². The van der Waals surface area contributed by atoms with Gasteiger partial charge in [-0.15, -0.1) is 0 Å². The number of hydrogen-bond acceptors (Lipinski definition) is 2. The molecule has 0 radical (unpaired) electrons. The van der Waals surface area contributed by atoms with Gasteiger partial charge in [0.1, 0.15) is 6.67 Å². The van der Waals surface area contributed by atoms with E-state index >= 15 is 0 Å². The Hall–Kier alpha value is -1.25. The van der Waals surface area contributed by atoms with Crippen LogP contribution < -0.4 is 0 Å². The second-order valence-electron chi connectivity index (χ2n) is 3.62. The summed E-state index contributed by atoms with van der Waals surface area (Å²) in [5, 5.41) is 4.14. The van der Waals surface area contributed by atoms with Crippen molar-refractivity contribution in [3.63, 3.8) is 0 Å². The van der Waals surface area contributed by atoms with Crippen LogP contribution in [0.4, 0.5) is 0 Å². The predicted molar refractivity (Wildman–Crippen MR) is 51.9 cm³/mol. The summed E-state index contributed by atoms with van der Waals surface area (Å²) in [6.07, 6.45) is 10.9. The lowest BCUT2D eigenvalue weighted by molar-refractivity contribution is 0.340. The number of allylic oxidation sites excluding steroid dienone is 1. The zero-order chi connectivity index (χ0) is 9.10. The summed E-state index contributed by atoms with van der Waals surface area (Å²) < 4.78 is 1.91. The number of rotatable bonds is 4. The molecule has 0 bridgehead atoms. The van der Waals surface area contributed by atoms with Crippen molar-refractivity contribution < 1.29 is 0 Å². The Kier molecular flexibility index (Phi) is 2.34. The third-order valence-electron chi connectivity index (χ3n) is 2.16. The van der Waals surface area contributed by atoms with E-state index in [1.54, 1.807) is 6.20 Å². The molecule has 1 aliphatic rings. The van der Waals surface area contributed by atoms with Gasteiger partial charge in [0, 0.05) is 19.4 Å². The molecule has 0 unspecified atom stereocenters. The summed E-state index contributed by atoms with van der Waals surface area (Å²) in [6.45, 7) is 0.830. The van der Waals surface area contributed by atoms with Gasteiger partial charge in [0.25, 0.3) is 0 Å². The standard InChI is InChI=1S/C10H15N3/c1-12(8-5-10-3-4-10)9-13-7-2-6-11-13/h2,5-8,10H,3-4,9H2,1H3/b8-5-. The number of hydrogen-bond donors (Lipinski definition) is 0. The molecule has 1 heterocycles. The minimum atomic E-state index is 0.830. The van der Waals surface area contributed by atoms with Crippen LogP contribution in [0.2, 0.25) is 0 Å². The van der Waals surface area contributed by atoms with Crippen LogP contribution in [0.3, 0.4) is 0 Å². The molecule has 1 aromatic rings. The van der Waals surface area contributed by atoms with E-state index in [1.807, 2.05) is 16.9 Å². The van der Waals surface area contributed by atoms with Gasteiger partial charge >= 0.3 is 0 Å². The molecule has 70 valence electrons. The maximum absolute atomic E-state index is 4.14. The molecule has 0 amide bonds. The molecule has 0 aliphatic heterocycles. The first-order chi connectivity index (χ1) is 6.34. The van der Waals surface area contributed by atoms with Crippen LogP contribution >= 0.6 is 0 Å². The molecule has 0 spiro atoms. The van der Waals surface area contributed by atoms with Gasteiger partial charge in [0.15, 0.2) is 0 Å². The van der Waals surface area contributed by atoms with Crippen LogP contribution in [0.1, 0.15) is 12.8 Å². The Balaban J connectivity index is 1.80. The highest BCUT2D eigenvalue weighted by molar-refractivity contribution is 4.94. The van der Waals surface area contributed by atoms with Gasteiger partial charge in [-0.3, -0.25) is 4.68 Å². The quantitative estimate of drug-likeness (QED) is 0.698. The third-order valence-corrected chi connectivity index (χ3v) is 2.16. The van der Waals surface area contributed by atoms with Gasteiger partial charge in [-0.05, 0) is 31.0 Å². The van der Waals surface area contributed by atoms with Crippen molar-refractivity contribution >= 4 is 0 Å². The van der Waals surface area contributed by atoms with E-state index in [9.17, 15) is 0 Å². The van der Waals surface area contributed by atoms with Crippen LogP contribution in [0.25, 0.3) is 0 Å². The lowest BCUT2D eigenvalue weighted by atomic mass is 10.4. The SMILES string of the molecule is CN(/C=C\C1CC1)Cn1cccn1. The summed E-state index contributed by atoms with van der Waals surface area (Å²) in [5.41, 5.74) is 0. The van der Waals surface area contributed by atoms with E-state index in [2.05, 4.69) is 29.3 Å². The molecule has 3 heteroatoms. The van der Waals surface area contributed by atoms with Crippen LogP contribution in [-0.2, 0) is 6.67 Å². The third kappa shape index (κ3) is 2.61. The maximum Gasteiger partial charge on any atom is 0.111 e. The topological polar surface area (TPSA) is 21.1 Å². The number of aromatic nitrogens is 2. The highest BCUT2D eigenvalue weighted by Crippen LogP contribution is 2.30. The van der Waals surface area contributed by atoms with Crippen molar-refractivity contribution in [2.45, 2.75) is 19.5 Å². The summed E-state index contributed by atoms with van der Waals surface area (Å²) in [4.78, 5) is 2.14. The van der Waals surface area contributed by atoms with Gasteiger partial charge in [0.05, 0.1) is 0 Å². The minimum absolute atomic E-state index is 0.830. The van der Waals surface area contributed by atoms with Crippen LogP contribution in [0.5, 0.6) is 0 Å². The lowest BCUT2D eigenvalue weighted by Gasteiger charge is -2.13. The first-order valence-corrected chi connectivity index (χ1v) is 4.70. The molecule has 0 aromatic carbocycles. The highest BCUT2D eigenvalue weighted by Gasteiger charge is 2.17. The first kappa shape index (κ1) is 8.35. The Morgan fingerprint density at radius 3 is 3.08 bits per heavy atom. The average molecular weight is 177 g/mol. The van der Waals surface area contributed by atoms with Crippen LogP contribution in [0, 0.1) is 5.92 Å². The number of nitrogens with zero attached hydrogens (tertiary/aromatic N) is 3. The van der Waals surface area contributed by atoms with E-state index in [1.165, 1.54) is 12.8 Å². The molecule has 1 saturated carbocycles. The van der Waals surface area contributed by atoms with E-state index in [0.29, 0.717) is 0 Å². The monoisotopic (exact) mass is 177 g/mol. The van der Waals surface area contributed by atoms with Gasteiger partial charge in [0.2, 0.25) is 0 Å². The zero-order valence-corrected chi connectivity index (χ0v) is 7.93. The summed E-state index contributed by atoms with van der Waals surface area (Å²) >= 11 is 0. The van der Waals surface area contributed by atoms with E-state index in [-0.39, 0.29) is 0 Å². The van der Waals surface area contributed by atoms with Crippen molar-refractivity contribution in [1.82, 2.24) is 14.7 Å². The predicted octanol–water partition coefficient (Wildman–Crippen LogP) is 1.70. The Morgan fingerprint density at radius 1 is 1.62 bits per heavy atom. The first-order valence-electron chi connectivity index (χ1n) is 4.70. The maximum atomic E-state index is 4.14. The molecule has 1 aromatic heterocycles. The molecule has 1 fully saturated rings. The molecular weight excluding hydrogens is 162 g/mol. The van der Waals surface area contributed by atoms with Crippen molar-refractivity contribution in [3.8, 4) is 0 Å². The van der Waals surface area contributed by atoms with Gasteiger partial charge in [-0.2, -0.15) is 5.10 Å². The molecule has 3 nitrogen and oxygen atoms in total. The summed E-state index contributed by atoms with van der Waals surface area (Å²) in [7, 11) is 2.07. The zero-order valence-electron chi connectivity index (χ0n) is 7.93. The molecule has 2 rings (SSSR count). The van der Waals surface area contributed by atoms with Gasteiger partial charge in [-0.25, -0.2) is 0 Å². The van der Waals surface area contributed by atoms with E-state index < -0.39 is 0 Å². The molecular formula is C10H15N3. The van der Waals surface area contributed by atoms with Crippen LogP contribution in [0.15, 0.2) is 30.7 Å². The highest BCUT2D eigenvalue weighted by atomic mass is 15.3. The van der Waals surface area contributed by atoms with E-state index in [4.69, 9.17) is 0 Å². The van der Waals surface area contributed by atoms with Gasteiger partial charge < -0.3 is 4.90 Å².